The molecule has 12 aromatic rings. The Hall–Kier alpha value is -10.5. The Kier molecular flexibility index (Phi) is 36.1. The molecule has 544 valence electrons. The van der Waals surface area contributed by atoms with Gasteiger partial charge >= 0.3 is 7.12 Å². The molecule has 0 heterocycles. The highest BCUT2D eigenvalue weighted by molar-refractivity contribution is 14.1. The van der Waals surface area contributed by atoms with Gasteiger partial charge in [0, 0.05) is 69.6 Å². The third-order valence-corrected chi connectivity index (χ3v) is 17.4. The van der Waals surface area contributed by atoms with Gasteiger partial charge in [0.15, 0.2) is 0 Å². The number of benzene rings is 12. The van der Waals surface area contributed by atoms with Crippen LogP contribution >= 0.6 is 70.4 Å². The van der Waals surface area contributed by atoms with E-state index in [2.05, 4.69) is 142 Å². The Bertz CT molecular complexity index is 4910. The van der Waals surface area contributed by atoms with Crippen LogP contribution in [0.15, 0.2) is 274 Å². The largest absolute Gasteiger partial charge is 0.488 e. The highest BCUT2D eigenvalue weighted by Crippen LogP contribution is 2.27. The van der Waals surface area contributed by atoms with Crippen LogP contribution in [-0.4, -0.2) is 17.2 Å². The minimum Gasteiger partial charge on any atom is -0.423 e. The number of hydrogen-bond acceptors (Lipinski definition) is 2. The highest BCUT2D eigenvalue weighted by atomic mass is 127. The van der Waals surface area contributed by atoms with E-state index in [1.54, 1.807) is 48.5 Å². The van der Waals surface area contributed by atoms with E-state index in [0.717, 1.165) is 115 Å². The van der Waals surface area contributed by atoms with E-state index in [1.165, 1.54) is 63.2 Å². The van der Waals surface area contributed by atoms with Crippen LogP contribution in [0.25, 0.3) is 44.5 Å². The van der Waals surface area contributed by atoms with Crippen molar-refractivity contribution in [1.29, 1.82) is 0 Å². The monoisotopic (exact) mass is 1760 g/mol. The van der Waals surface area contributed by atoms with E-state index in [1.807, 2.05) is 109 Å². The smallest absolute Gasteiger partial charge is 0.423 e. The quantitative estimate of drug-likeness (QED) is 0.0445. The maximum absolute atomic E-state index is 13.4. The van der Waals surface area contributed by atoms with Gasteiger partial charge < -0.3 is 10.0 Å². The summed E-state index contributed by atoms with van der Waals surface area (Å²) in [5.74, 6) is 22.4. The van der Waals surface area contributed by atoms with Gasteiger partial charge in [-0.1, -0.05) is 186 Å². The Morgan fingerprint density at radius 1 is 0.284 bits per heavy atom. The number of halogens is 14. The molecule has 0 fully saturated rings. The summed E-state index contributed by atoms with van der Waals surface area (Å²) >= 11 is 12.4. The van der Waals surface area contributed by atoms with Crippen molar-refractivity contribution in [2.45, 2.75) is 51.4 Å². The second-order valence-electron chi connectivity index (χ2n) is 23.4. The van der Waals surface area contributed by atoms with Crippen molar-refractivity contribution in [1.82, 2.24) is 0 Å². The molecule has 12 aromatic carbocycles. The molecule has 0 bridgehead atoms. The average molecular weight is 1770 g/mol. The predicted octanol–water partition coefficient (Wildman–Crippen LogP) is 24.2. The summed E-state index contributed by atoms with van der Waals surface area (Å²) in [6.07, 6.45) is 15.9. The zero-order valence-electron chi connectivity index (χ0n) is 57.9. The van der Waals surface area contributed by atoms with Crippen molar-refractivity contribution >= 4 is 83.0 Å². The fraction of sp³-hybridized carbons (Fsp3) is 0.0870. The van der Waals surface area contributed by atoms with Gasteiger partial charge in [0.2, 0.25) is 0 Å². The van der Waals surface area contributed by atoms with Crippen LogP contribution in [0, 0.1) is 134 Å². The van der Waals surface area contributed by atoms with Crippen molar-refractivity contribution in [2.24, 2.45) is 0 Å². The molecule has 0 aromatic heterocycles. The second kappa shape index (κ2) is 46.0. The first kappa shape index (κ1) is 85.7. The molecule has 0 amide bonds. The first-order valence-electron chi connectivity index (χ1n) is 33.3. The normalized spacial score (nSPS) is 9.82. The number of aryl methyl sites for hydroxylation is 2. The van der Waals surface area contributed by atoms with Crippen LogP contribution in [0.4, 0.5) is 43.9 Å². The molecule has 0 radical (unpaired) electrons. The zero-order valence-corrected chi connectivity index (χ0v) is 64.8. The van der Waals surface area contributed by atoms with Crippen LogP contribution < -0.4 is 5.46 Å². The van der Waals surface area contributed by atoms with E-state index < -0.39 is 65.3 Å². The van der Waals surface area contributed by atoms with Crippen LogP contribution in [0.3, 0.4) is 0 Å². The molecule has 17 heteroatoms. The SMILES string of the molecule is Brc1ccc(C#CCC#Cc2ccc(Br)cc2)cc1.Brc1ccc(I)cc1.C#CCC#C.Fc1cc(F)cc(-c2ccc(C#CCC#Cc3ccc(-c4cc(F)cc(F)c4)cc3)cc2)c1.Fc1cc(F)cc(-c2ccc(CCCCCc3ccc(-c4cc(F)cc(F)c4)cc3)cc2)c1.OB(O)c1cc(F)cc(F)c1. The van der Waals surface area contributed by atoms with Crippen molar-refractivity contribution in [3.8, 4) is 117 Å². The molecule has 0 aliphatic heterocycles. The first-order valence-corrected chi connectivity index (χ1v) is 36.7. The topological polar surface area (TPSA) is 40.5 Å². The number of terminal acetylenes is 2. The second-order valence-corrected chi connectivity index (χ2v) is 27.4. The van der Waals surface area contributed by atoms with Gasteiger partial charge in [0.25, 0.3) is 0 Å². The molecule has 109 heavy (non-hydrogen) atoms. The number of hydrogen-bond donors (Lipinski definition) is 2. The summed E-state index contributed by atoms with van der Waals surface area (Å²) < 4.78 is 136. The average Bonchev–Trinajstić information content (AvgIpc) is 0.861. The molecule has 0 unspecified atom stereocenters. The van der Waals surface area contributed by atoms with Gasteiger partial charge in [-0.2, -0.15) is 0 Å². The minimum atomic E-state index is -1.83. The van der Waals surface area contributed by atoms with Crippen LogP contribution in [0.5, 0.6) is 0 Å². The number of unbranched alkanes of at least 4 members (excludes halogenated alkanes) is 2. The van der Waals surface area contributed by atoms with E-state index in [9.17, 15) is 43.9 Å². The highest BCUT2D eigenvalue weighted by Gasteiger charge is 2.13. The molecule has 2 N–H and O–H groups in total. The Labute approximate surface area is 668 Å². The summed E-state index contributed by atoms with van der Waals surface area (Å²) in [6, 6.07) is 70.1. The summed E-state index contributed by atoms with van der Waals surface area (Å²) in [7, 11) is -1.83. The summed E-state index contributed by atoms with van der Waals surface area (Å²) in [4.78, 5) is 0. The van der Waals surface area contributed by atoms with Gasteiger partial charge in [-0.15, -0.1) is 12.8 Å². The molecule has 2 nitrogen and oxygen atoms in total. The van der Waals surface area contributed by atoms with E-state index in [4.69, 9.17) is 22.9 Å². The molecule has 0 saturated heterocycles. The lowest BCUT2D eigenvalue weighted by Gasteiger charge is -2.07. The van der Waals surface area contributed by atoms with Gasteiger partial charge in [-0.3, -0.25) is 0 Å². The van der Waals surface area contributed by atoms with Gasteiger partial charge in [-0.05, 0) is 267 Å². The van der Waals surface area contributed by atoms with Crippen LogP contribution in [-0.2, 0) is 12.8 Å². The fourth-order valence-electron chi connectivity index (χ4n) is 9.89. The van der Waals surface area contributed by atoms with Crippen molar-refractivity contribution < 1.29 is 54.0 Å². The third-order valence-electron chi connectivity index (χ3n) is 15.1. The first-order chi connectivity index (χ1) is 52.4. The third kappa shape index (κ3) is 32.4. The lowest BCUT2D eigenvalue weighted by atomic mass is 9.80. The molecular formula is C92H63BBr3F10IO2. The molecular weight excluding hydrogens is 1700 g/mol. The predicted molar refractivity (Wildman–Crippen MR) is 439 cm³/mol. The Morgan fingerprint density at radius 3 is 0.743 bits per heavy atom. The molecule has 0 aliphatic carbocycles. The van der Waals surface area contributed by atoms with Crippen LogP contribution in [0.2, 0.25) is 0 Å². The zero-order chi connectivity index (χ0) is 78.5. The maximum Gasteiger partial charge on any atom is 0.488 e. The summed E-state index contributed by atoms with van der Waals surface area (Å²) in [5.41, 5.74) is 10.7. The molecule has 0 saturated carbocycles. The van der Waals surface area contributed by atoms with Crippen molar-refractivity contribution in [3.05, 3.63) is 369 Å². The lowest BCUT2D eigenvalue weighted by molar-refractivity contribution is 0.425. The van der Waals surface area contributed by atoms with E-state index in [0.29, 0.717) is 58.7 Å². The Balaban J connectivity index is 0.000000201. The fourth-order valence-corrected chi connectivity index (χ4v) is 11.0. The molecule has 0 spiro atoms. The minimum absolute atomic E-state index is 0.192. The van der Waals surface area contributed by atoms with E-state index in [-0.39, 0.29) is 5.46 Å². The molecule has 12 rings (SSSR count). The van der Waals surface area contributed by atoms with Crippen LogP contribution in [0.1, 0.15) is 71.9 Å². The standard InChI is InChI=1S/C29H24F4.C29H16F4.C17H10Br2.C6H5BF2O2.C6H4BrI.C5H4/c2*30-26-14-24(15-27(31)18-26)22-10-6-20(7-11-22)4-2-1-3-5-21-8-12-23(13-9-21)25-16-28(32)19-29(33)17-25;18-16-10-6-14(7-11-16)4-2-1-3-5-15-8-12-17(19)13-9-15;8-5-1-4(7(10)11)2-6(9)3-5;7-5-1-3-6(8)4-2-5;1-3-5-4-2/h6-19H,1-5H2;6-19H,1H2;6-13H,1H2;1-3,10-11H;1-4H;1-2H,5H2. The van der Waals surface area contributed by atoms with Gasteiger partial charge in [-0.25, -0.2) is 43.9 Å². The van der Waals surface area contributed by atoms with Crippen molar-refractivity contribution in [3.63, 3.8) is 0 Å². The van der Waals surface area contributed by atoms with Gasteiger partial charge in [0.05, 0.1) is 19.3 Å². The maximum atomic E-state index is 13.4. The summed E-state index contributed by atoms with van der Waals surface area (Å²) in [5, 5.41) is 17.0. The Morgan fingerprint density at radius 2 is 0.514 bits per heavy atom. The van der Waals surface area contributed by atoms with E-state index >= 15 is 0 Å². The molecule has 0 atom stereocenters. The number of rotatable bonds is 11. The van der Waals surface area contributed by atoms with Gasteiger partial charge in [0.1, 0.15) is 58.2 Å². The molecule has 0 aliphatic rings. The van der Waals surface area contributed by atoms with Crippen molar-refractivity contribution in [2.75, 3.05) is 0 Å². The lowest BCUT2D eigenvalue weighted by Crippen LogP contribution is -2.30. The summed E-state index contributed by atoms with van der Waals surface area (Å²) in [6.45, 7) is 0.